The van der Waals surface area contributed by atoms with Crippen LogP contribution in [0.1, 0.15) is 28.0 Å². The summed E-state index contributed by atoms with van der Waals surface area (Å²) in [5.74, 6) is -3.85. The molecule has 10 nitrogen and oxygen atoms in total. The minimum Gasteiger partial charge on any atom is -0.501 e. The predicted octanol–water partition coefficient (Wildman–Crippen LogP) is 2.83. The number of carbonyl (C=O) groups is 2. The molecule has 0 radical (unpaired) electrons. The SMILES string of the molecule is Cc1c(N)c2c3oc(C(=O)O)c(O)c(=O)c3ccc2n1C(=O)C(C)SC(=S)n1cccn1. The standard InChI is InChI=1S/C20H16N4O6S2/c1-8-13(21)12-11(5-4-10-14(25)15(26)17(19(28)29)30-16(10)12)24(8)18(27)9(2)32-20(31)23-7-3-6-22-23/h3-7,9,26H,21H2,1-2H3,(H,28,29). The molecule has 0 amide bonds. The van der Waals surface area contributed by atoms with Gasteiger partial charge in [0.15, 0.2) is 9.90 Å². The molecule has 4 N–H and O–H groups in total. The van der Waals surface area contributed by atoms with Gasteiger partial charge in [-0.3, -0.25) is 14.2 Å². The summed E-state index contributed by atoms with van der Waals surface area (Å²) in [6, 6.07) is 4.56. The van der Waals surface area contributed by atoms with Gasteiger partial charge in [-0.2, -0.15) is 5.10 Å². The Balaban J connectivity index is 1.88. The second-order valence-electron chi connectivity index (χ2n) is 6.90. The Morgan fingerprint density at radius 3 is 2.69 bits per heavy atom. The van der Waals surface area contributed by atoms with Crippen LogP contribution in [0.5, 0.6) is 5.75 Å². The van der Waals surface area contributed by atoms with Gasteiger partial charge in [0.25, 0.3) is 5.76 Å². The van der Waals surface area contributed by atoms with Crippen LogP contribution in [-0.2, 0) is 0 Å². The number of fused-ring (bicyclic) bond motifs is 3. The van der Waals surface area contributed by atoms with Gasteiger partial charge in [-0.25, -0.2) is 9.48 Å². The Labute approximate surface area is 189 Å². The fraction of sp³-hybridized carbons (Fsp3) is 0.150. The van der Waals surface area contributed by atoms with Crippen molar-refractivity contribution < 1.29 is 24.2 Å². The van der Waals surface area contributed by atoms with E-state index in [1.165, 1.54) is 21.4 Å². The number of aromatic nitrogens is 3. The van der Waals surface area contributed by atoms with Crippen molar-refractivity contribution in [2.45, 2.75) is 19.1 Å². The lowest BCUT2D eigenvalue weighted by Crippen LogP contribution is -2.25. The zero-order valence-electron chi connectivity index (χ0n) is 16.7. The molecule has 1 atom stereocenters. The summed E-state index contributed by atoms with van der Waals surface area (Å²) >= 11 is 6.47. The highest BCUT2D eigenvalue weighted by molar-refractivity contribution is 8.23. The third-order valence-corrected chi connectivity index (χ3v) is 6.40. The summed E-state index contributed by atoms with van der Waals surface area (Å²) in [5.41, 5.74) is 6.09. The largest absolute Gasteiger partial charge is 0.501 e. The first-order chi connectivity index (χ1) is 15.1. The molecule has 0 saturated heterocycles. The van der Waals surface area contributed by atoms with Crippen molar-refractivity contribution in [3.63, 3.8) is 0 Å². The number of carbonyl (C=O) groups excluding carboxylic acids is 1. The lowest BCUT2D eigenvalue weighted by atomic mass is 10.1. The van der Waals surface area contributed by atoms with Gasteiger partial charge in [0.05, 0.1) is 27.2 Å². The topological polar surface area (TPSA) is 154 Å². The number of hydrogen-bond donors (Lipinski definition) is 3. The van der Waals surface area contributed by atoms with Crippen molar-refractivity contribution in [2.75, 3.05) is 5.73 Å². The van der Waals surface area contributed by atoms with Crippen LogP contribution in [0.4, 0.5) is 5.69 Å². The van der Waals surface area contributed by atoms with Gasteiger partial charge in [-0.1, -0.05) is 24.0 Å². The lowest BCUT2D eigenvalue weighted by molar-refractivity contribution is 0.0657. The van der Waals surface area contributed by atoms with Crippen LogP contribution in [0.3, 0.4) is 0 Å². The normalized spacial score (nSPS) is 12.3. The second-order valence-corrected chi connectivity index (χ2v) is 8.87. The summed E-state index contributed by atoms with van der Waals surface area (Å²) in [6.45, 7) is 3.31. The number of nitrogens with two attached hydrogens (primary N) is 1. The zero-order valence-corrected chi connectivity index (χ0v) is 18.4. The summed E-state index contributed by atoms with van der Waals surface area (Å²) in [7, 11) is 0. The third kappa shape index (κ3) is 3.24. The molecule has 0 bridgehead atoms. The Bertz CT molecular complexity index is 1490. The summed E-state index contributed by atoms with van der Waals surface area (Å²) in [5, 5.41) is 22.7. The molecule has 0 spiro atoms. The molecule has 0 aliphatic carbocycles. The van der Waals surface area contributed by atoms with Crippen molar-refractivity contribution in [3.8, 4) is 5.75 Å². The average molecular weight is 473 g/mol. The minimum absolute atomic E-state index is 0.0569. The van der Waals surface area contributed by atoms with Gasteiger partial charge in [0.1, 0.15) is 0 Å². The maximum absolute atomic E-state index is 13.3. The van der Waals surface area contributed by atoms with Crippen LogP contribution in [0.25, 0.3) is 21.9 Å². The van der Waals surface area contributed by atoms with Gasteiger partial charge in [0.2, 0.25) is 17.1 Å². The van der Waals surface area contributed by atoms with Crippen LogP contribution < -0.4 is 11.2 Å². The van der Waals surface area contributed by atoms with Gasteiger partial charge < -0.3 is 20.4 Å². The predicted molar refractivity (Wildman–Crippen MR) is 124 cm³/mol. The molecule has 1 aromatic carbocycles. The number of benzene rings is 1. The number of thioether (sulfide) groups is 1. The van der Waals surface area contributed by atoms with E-state index in [0.29, 0.717) is 15.5 Å². The number of carboxylic acids is 1. The van der Waals surface area contributed by atoms with Crippen molar-refractivity contribution in [1.82, 2.24) is 14.3 Å². The molecule has 12 heteroatoms. The van der Waals surface area contributed by atoms with Crippen LogP contribution in [-0.4, -0.2) is 46.0 Å². The third-order valence-electron chi connectivity index (χ3n) is 4.98. The second kappa shape index (κ2) is 7.80. The highest BCUT2D eigenvalue weighted by atomic mass is 32.2. The lowest BCUT2D eigenvalue weighted by Gasteiger charge is -2.14. The number of hydrogen-bond acceptors (Lipinski definition) is 9. The first kappa shape index (κ1) is 21.6. The van der Waals surface area contributed by atoms with Gasteiger partial charge >= 0.3 is 5.97 Å². The number of aromatic carboxylic acids is 1. The molecule has 0 aliphatic heterocycles. The van der Waals surface area contributed by atoms with E-state index in [2.05, 4.69) is 5.10 Å². The molecule has 4 rings (SSSR count). The fourth-order valence-corrected chi connectivity index (χ4v) is 4.68. The quantitative estimate of drug-likeness (QED) is 0.379. The van der Waals surface area contributed by atoms with E-state index in [1.54, 1.807) is 32.3 Å². The van der Waals surface area contributed by atoms with E-state index in [-0.39, 0.29) is 28.0 Å². The first-order valence-corrected chi connectivity index (χ1v) is 10.5. The molecule has 3 aromatic heterocycles. The molecule has 0 aliphatic rings. The van der Waals surface area contributed by atoms with Crippen LogP contribution in [0.2, 0.25) is 0 Å². The number of nitrogens with zero attached hydrogens (tertiary/aromatic N) is 3. The van der Waals surface area contributed by atoms with Gasteiger partial charge in [0, 0.05) is 18.1 Å². The first-order valence-electron chi connectivity index (χ1n) is 9.20. The number of aromatic hydroxyl groups is 1. The number of carboxylic acid groups (broad SMARTS) is 1. The van der Waals surface area contributed by atoms with Gasteiger partial charge in [-0.15, -0.1) is 0 Å². The molecule has 32 heavy (non-hydrogen) atoms. The van der Waals surface area contributed by atoms with Crippen molar-refractivity contribution >= 4 is 67.7 Å². The molecular weight excluding hydrogens is 456 g/mol. The molecule has 164 valence electrons. The average Bonchev–Trinajstić information content (AvgIpc) is 3.37. The molecule has 0 saturated carbocycles. The molecule has 4 aromatic rings. The fourth-order valence-electron chi connectivity index (χ4n) is 3.41. The minimum atomic E-state index is -1.61. The summed E-state index contributed by atoms with van der Waals surface area (Å²) < 4.78 is 8.59. The maximum Gasteiger partial charge on any atom is 0.375 e. The Kier molecular flexibility index (Phi) is 5.26. The smallest absolute Gasteiger partial charge is 0.375 e. The highest BCUT2D eigenvalue weighted by Crippen LogP contribution is 2.36. The molecular formula is C20H16N4O6S2. The van der Waals surface area contributed by atoms with E-state index in [1.807, 2.05) is 0 Å². The maximum atomic E-state index is 13.3. The van der Waals surface area contributed by atoms with Crippen molar-refractivity contribution in [1.29, 1.82) is 0 Å². The number of rotatable bonds is 3. The summed E-state index contributed by atoms with van der Waals surface area (Å²) in [4.78, 5) is 37.2. The number of anilines is 1. The number of nitrogen functional groups attached to an aromatic ring is 1. The van der Waals surface area contributed by atoms with Crippen molar-refractivity contribution in [2.24, 2.45) is 0 Å². The highest BCUT2D eigenvalue weighted by Gasteiger charge is 2.27. The van der Waals surface area contributed by atoms with E-state index >= 15 is 0 Å². The number of thiocarbonyl (C=S) groups is 1. The zero-order chi connectivity index (χ0) is 23.3. The van der Waals surface area contributed by atoms with Gasteiger partial charge in [-0.05, 0) is 32.0 Å². The molecule has 1 unspecified atom stereocenters. The van der Waals surface area contributed by atoms with E-state index in [9.17, 15) is 24.6 Å². The molecule has 3 heterocycles. The van der Waals surface area contributed by atoms with Crippen molar-refractivity contribution in [3.05, 3.63) is 52.3 Å². The molecule has 0 fully saturated rings. The van der Waals surface area contributed by atoms with Crippen LogP contribution >= 0.6 is 24.0 Å². The van der Waals surface area contributed by atoms with E-state index < -0.39 is 28.2 Å². The van der Waals surface area contributed by atoms with E-state index in [4.69, 9.17) is 22.4 Å². The Morgan fingerprint density at radius 1 is 1.34 bits per heavy atom. The van der Waals surface area contributed by atoms with E-state index in [0.717, 1.165) is 11.8 Å². The Morgan fingerprint density at radius 2 is 2.06 bits per heavy atom. The van der Waals surface area contributed by atoms with Crippen LogP contribution in [0.15, 0.2) is 39.8 Å². The monoisotopic (exact) mass is 472 g/mol. The van der Waals surface area contributed by atoms with Crippen LogP contribution in [0, 0.1) is 6.92 Å². The Hall–Kier alpha value is -3.64. The summed E-state index contributed by atoms with van der Waals surface area (Å²) in [6.07, 6.45) is 3.25.